The van der Waals surface area contributed by atoms with E-state index in [1.54, 1.807) is 0 Å². The molecule has 14 rings (SSSR count). The van der Waals surface area contributed by atoms with Crippen LogP contribution in [0.15, 0.2) is 272 Å². The van der Waals surface area contributed by atoms with E-state index >= 15 is 0 Å². The van der Waals surface area contributed by atoms with Crippen molar-refractivity contribution >= 4 is 94.2 Å². The molecule has 3 nitrogen and oxygen atoms in total. The molecule has 0 atom stereocenters. The minimum absolute atomic E-state index is 0.453. The Kier molecular flexibility index (Phi) is 3.57. The molecule has 328 valence electrons. The fraction of sp³-hybridized carbons (Fsp3) is 0. The Morgan fingerprint density at radius 2 is 0.614 bits per heavy atom. The predicted octanol–water partition coefficient (Wildman–Crippen LogP) is 14.0. The Morgan fingerprint density at radius 1 is 0.257 bits per heavy atom. The van der Waals surface area contributed by atoms with Crippen molar-refractivity contribution in [3.63, 3.8) is 0 Å². The number of rotatable bonds is 8. The largest absolute Gasteiger partial charge is 0.309 e. The average molecular weight is 953 g/mol. The van der Waals surface area contributed by atoms with Crippen LogP contribution in [0.1, 0.15) is 61.7 Å². The van der Waals surface area contributed by atoms with Gasteiger partial charge in [-0.05, 0) is 98.8 Å². The lowest BCUT2D eigenvalue weighted by atomic mass is 10.0. The van der Waals surface area contributed by atoms with Crippen molar-refractivity contribution < 1.29 is 61.7 Å². The van der Waals surface area contributed by atoms with Crippen LogP contribution in [-0.2, 0) is 0 Å². The second-order valence-electron chi connectivity index (χ2n) is 15.0. The van der Waals surface area contributed by atoms with Gasteiger partial charge in [-0.25, -0.2) is 0 Å². The molecule has 0 N–H and O–H groups in total. The summed E-state index contributed by atoms with van der Waals surface area (Å²) in [5, 5.41) is -9.91. The van der Waals surface area contributed by atoms with Gasteiger partial charge in [0.15, 0.2) is 8.07 Å². The topological polar surface area (TPSA) is 14.8 Å². The number of aromatic nitrogens is 3. The van der Waals surface area contributed by atoms with Crippen LogP contribution in [0.25, 0.3) is 93.6 Å². The van der Waals surface area contributed by atoms with Crippen LogP contribution in [-0.4, -0.2) is 21.8 Å². The Bertz CT molecular complexity index is 6670. The number of benzene rings is 11. The van der Waals surface area contributed by atoms with Crippen LogP contribution in [0.5, 0.6) is 0 Å². The summed E-state index contributed by atoms with van der Waals surface area (Å²) in [6.07, 6.45) is 0. The fourth-order valence-electron chi connectivity index (χ4n) is 8.67. The first kappa shape index (κ1) is 15.5. The van der Waals surface area contributed by atoms with Crippen LogP contribution in [0.4, 0.5) is 0 Å². The zero-order valence-corrected chi connectivity index (χ0v) is 35.8. The first-order valence-electron chi connectivity index (χ1n) is 43.0. The summed E-state index contributed by atoms with van der Waals surface area (Å²) in [7, 11) is -6.57. The minimum Gasteiger partial charge on any atom is -0.309 e. The highest BCUT2D eigenvalue weighted by molar-refractivity contribution is 7.19. The van der Waals surface area contributed by atoms with Gasteiger partial charge in [0.1, 0.15) is 0 Å². The van der Waals surface area contributed by atoms with Crippen molar-refractivity contribution in [2.24, 2.45) is 0 Å². The van der Waals surface area contributed by atoms with Gasteiger partial charge in [0, 0.05) is 49.3 Å². The molecule has 0 spiro atoms. The third-order valence-electron chi connectivity index (χ3n) is 11.5. The molecule has 0 bridgehead atoms. The highest BCUT2D eigenvalue weighted by Gasteiger charge is 2.41. The smallest absolute Gasteiger partial charge is 0.179 e. The second-order valence-corrected chi connectivity index (χ2v) is 18.5. The number of nitrogens with zero attached hydrogens (tertiary/aromatic N) is 3. The Labute approximate surface area is 470 Å². The summed E-state index contributed by atoms with van der Waals surface area (Å²) >= 11 is 0. The van der Waals surface area contributed by atoms with E-state index in [-0.39, 0.29) is 0 Å². The van der Waals surface area contributed by atoms with Crippen LogP contribution in [0.2, 0.25) is 0 Å². The maximum atomic E-state index is 10.4. The maximum Gasteiger partial charge on any atom is 0.179 e. The Balaban J connectivity index is 1.17. The van der Waals surface area contributed by atoms with E-state index in [2.05, 4.69) is 0 Å². The number of hydrogen-bond donors (Lipinski definition) is 0. The van der Waals surface area contributed by atoms with Gasteiger partial charge in [0.2, 0.25) is 0 Å². The number of hydrogen-bond acceptors (Lipinski definition) is 0. The fourth-order valence-corrected chi connectivity index (χ4v) is 12.2. The normalized spacial score (nSPS) is 21.0. The summed E-state index contributed by atoms with van der Waals surface area (Å²) in [5.41, 5.74) is -10.7. The molecule has 0 fully saturated rings. The van der Waals surface area contributed by atoms with Crippen molar-refractivity contribution in [3.05, 3.63) is 272 Å². The molecule has 0 unspecified atom stereocenters. The van der Waals surface area contributed by atoms with Gasteiger partial charge in [0.25, 0.3) is 0 Å². The molecular weight excluding hydrogens is 863 g/mol. The summed E-state index contributed by atoms with van der Waals surface area (Å²) in [6, 6.07) is -54.6. The summed E-state index contributed by atoms with van der Waals surface area (Å²) in [6.45, 7) is 0. The van der Waals surface area contributed by atoms with Crippen molar-refractivity contribution in [1.29, 1.82) is 0 Å². The number of para-hydroxylation sites is 5. The summed E-state index contributed by atoms with van der Waals surface area (Å²) < 4.78 is 424. The standard InChI is InChI=1S/C66H45N3Si/c1-4-20-49(21-5-1)70(50-22-6-2-7-23-50,51-24-8-3-9-25-51)52-40-37-47(38-41-52)67-61-32-16-14-30-57(61)59-45-48(39-43-66(59)67)68-62-33-17-13-29-56(62)58-44-46(36-42-65(58)68)53-26-10-15-31-60(53)69-63-34-18-11-27-54(63)55-28-12-19-35-64(55)69/h1-45H/i1D,2D,3D,4D,5D,6D,7D,8D,9D,10D,11D,12D,13D,14D,15D,16D,17D,18D,19D,20D,21D,22D,23D,24D,25D,26D,27D,28D,29D,30D,31D,32D,33D,34D,35D,36D,37D,38D,39D,40D,41D,42D,43D,44D,45D. The molecule has 70 heavy (non-hydrogen) atoms. The van der Waals surface area contributed by atoms with Gasteiger partial charge in [-0.2, -0.15) is 0 Å². The van der Waals surface area contributed by atoms with E-state index in [1.165, 1.54) is 0 Å². The monoisotopic (exact) mass is 953 g/mol. The third kappa shape index (κ3) is 6.00. The predicted molar refractivity (Wildman–Crippen MR) is 299 cm³/mol. The molecule has 14 aromatic rings. The highest BCUT2D eigenvalue weighted by atomic mass is 28.3. The van der Waals surface area contributed by atoms with Crippen molar-refractivity contribution in [2.45, 2.75) is 0 Å². The van der Waals surface area contributed by atoms with Crippen molar-refractivity contribution in [2.75, 3.05) is 0 Å². The Hall–Kier alpha value is -8.96. The molecule has 0 saturated heterocycles. The van der Waals surface area contributed by atoms with Gasteiger partial charge in [-0.1, -0.05) is 199 Å². The zero-order chi connectivity index (χ0) is 85.3. The van der Waals surface area contributed by atoms with Crippen LogP contribution in [0.3, 0.4) is 0 Å². The van der Waals surface area contributed by atoms with Gasteiger partial charge in [-0.3, -0.25) is 0 Å². The third-order valence-corrected chi connectivity index (χ3v) is 15.5. The lowest BCUT2D eigenvalue weighted by molar-refractivity contribution is 1.17. The van der Waals surface area contributed by atoms with Crippen molar-refractivity contribution in [3.8, 4) is 28.2 Å². The van der Waals surface area contributed by atoms with Crippen molar-refractivity contribution in [1.82, 2.24) is 13.7 Å². The molecule has 0 aliphatic heterocycles. The molecule has 3 aromatic heterocycles. The summed E-state index contributed by atoms with van der Waals surface area (Å²) in [4.78, 5) is 0. The van der Waals surface area contributed by atoms with E-state index in [9.17, 15) is 32.9 Å². The highest BCUT2D eigenvalue weighted by Crippen LogP contribution is 2.41. The summed E-state index contributed by atoms with van der Waals surface area (Å²) in [5.74, 6) is 0. The first-order chi connectivity index (χ1) is 53.5. The van der Waals surface area contributed by atoms with Crippen LogP contribution >= 0.6 is 0 Å². The molecule has 3 heterocycles. The van der Waals surface area contributed by atoms with E-state index in [0.29, 0.717) is 13.7 Å². The first-order valence-corrected chi connectivity index (χ1v) is 22.5. The van der Waals surface area contributed by atoms with Crippen LogP contribution in [0, 0.1) is 0 Å². The maximum absolute atomic E-state index is 10.4. The minimum atomic E-state index is -6.57. The average Bonchev–Trinajstić information content (AvgIpc) is 1.65. The molecular formula is C66H45N3Si. The van der Waals surface area contributed by atoms with Gasteiger partial charge >= 0.3 is 0 Å². The molecule has 0 radical (unpaired) electrons. The van der Waals surface area contributed by atoms with E-state index in [4.69, 9.17) is 28.8 Å². The second kappa shape index (κ2) is 16.1. The lowest BCUT2D eigenvalue weighted by Crippen LogP contribution is -2.74. The molecule has 4 heteroatoms. The molecule has 0 aliphatic carbocycles. The quantitative estimate of drug-likeness (QED) is 0.106. The molecule has 0 amide bonds. The molecule has 0 saturated carbocycles. The number of fused-ring (bicyclic) bond motifs is 9. The molecule has 0 aliphatic rings. The van der Waals surface area contributed by atoms with Gasteiger partial charge in [-0.15, -0.1) is 0 Å². The Morgan fingerprint density at radius 3 is 1.14 bits per heavy atom. The zero-order valence-electron chi connectivity index (χ0n) is 79.8. The van der Waals surface area contributed by atoms with Crippen LogP contribution < -0.4 is 20.7 Å². The lowest BCUT2D eigenvalue weighted by Gasteiger charge is -2.34. The molecule has 11 aromatic carbocycles. The SMILES string of the molecule is [2H]c1c([2H])c([2H])c([Si](c2c([2H])c([2H])c([2H])c([2H])c2[2H])(c2c([2H])c([2H])c([2H])c([2H])c2[2H])c2c([2H])c([2H])c(-n3c4c([2H])c([2H])c([2H])c([2H])c4c4c([2H])c(-n5c6c([2H])c([2H])c([2H])c([2H])c6c6c([2H])c(-c7c([2H])c([2H])c([2H])c([2H])c7-n7c8c([2H])c([2H])c([2H])c([2H])c8c8c([2H])c([2H])c([2H])c([2H])c87)c([2H])c([2H])c65)c([2H])c([2H])c43)c([2H])c2[2H])c([2H])c1[2H]. The van der Waals surface area contributed by atoms with Gasteiger partial charge < -0.3 is 13.7 Å². The van der Waals surface area contributed by atoms with E-state index < -0.39 is 394 Å². The van der Waals surface area contributed by atoms with E-state index in [1.807, 2.05) is 0 Å². The van der Waals surface area contributed by atoms with E-state index in [0.717, 1.165) is 0 Å². The van der Waals surface area contributed by atoms with Gasteiger partial charge in [0.05, 0.1) is 100 Å².